The second kappa shape index (κ2) is 7.33. The fraction of sp³-hybridized carbons (Fsp3) is 0.409. The van der Waals surface area contributed by atoms with Crippen LogP contribution in [0.15, 0.2) is 48.5 Å². The molecule has 1 saturated carbocycles. The number of nitrogens with two attached hydrogens (primary N) is 1. The van der Waals surface area contributed by atoms with E-state index in [-0.39, 0.29) is 12.0 Å². The number of hydrogen-bond acceptors (Lipinski definition) is 4. The van der Waals surface area contributed by atoms with E-state index >= 15 is 0 Å². The normalized spacial score (nSPS) is 23.4. The summed E-state index contributed by atoms with van der Waals surface area (Å²) >= 11 is 0. The van der Waals surface area contributed by atoms with Crippen LogP contribution in [-0.4, -0.2) is 31.3 Å². The average molecular weight is 368 g/mol. The van der Waals surface area contributed by atoms with Crippen LogP contribution in [0.2, 0.25) is 0 Å². The van der Waals surface area contributed by atoms with Crippen molar-refractivity contribution in [2.75, 3.05) is 19.0 Å². The Balaban J connectivity index is 1.80. The second-order valence-electron chi connectivity index (χ2n) is 7.58. The molecule has 0 saturated heterocycles. The van der Waals surface area contributed by atoms with Crippen LogP contribution in [0.1, 0.15) is 27.2 Å². The molecule has 0 aromatic heterocycles. The highest BCUT2D eigenvalue weighted by atomic mass is 16.5. The van der Waals surface area contributed by atoms with Gasteiger partial charge < -0.3 is 20.5 Å². The van der Waals surface area contributed by atoms with E-state index in [0.29, 0.717) is 18.7 Å². The molecule has 0 aliphatic heterocycles. The predicted octanol–water partition coefficient (Wildman–Crippen LogP) is 3.83. The van der Waals surface area contributed by atoms with E-state index in [1.165, 1.54) is 0 Å². The van der Waals surface area contributed by atoms with E-state index in [4.69, 9.17) is 15.2 Å². The summed E-state index contributed by atoms with van der Waals surface area (Å²) in [6.07, 6.45) is 0.518. The highest BCUT2D eigenvalue weighted by molar-refractivity contribution is 6.00. The molecule has 3 N–H and O–H groups in total. The molecule has 2 aromatic carbocycles. The van der Waals surface area contributed by atoms with Gasteiger partial charge in [0.2, 0.25) is 5.91 Å². The smallest absolute Gasteiger partial charge is 0.245 e. The first kappa shape index (κ1) is 19.4. The van der Waals surface area contributed by atoms with E-state index in [1.54, 1.807) is 7.11 Å². The van der Waals surface area contributed by atoms with Gasteiger partial charge in [-0.05, 0) is 30.7 Å². The van der Waals surface area contributed by atoms with Crippen molar-refractivity contribution >= 4 is 11.6 Å². The number of benzene rings is 2. The number of carbonyl (C=O) groups is 1. The Hall–Kier alpha value is -2.37. The Bertz CT molecular complexity index is 834. The molecule has 27 heavy (non-hydrogen) atoms. The summed E-state index contributed by atoms with van der Waals surface area (Å²) in [6, 6.07) is 15.5. The number of hydrogen-bond donors (Lipinski definition) is 2. The fourth-order valence-electron chi connectivity index (χ4n) is 3.71. The number of methoxy groups -OCH3 is 1. The first-order valence-corrected chi connectivity index (χ1v) is 9.29. The van der Waals surface area contributed by atoms with Gasteiger partial charge in [0.25, 0.3) is 0 Å². The SMILES string of the molecule is CCOC1CC(N)(C(=O)Nc2cccc(-c3ccccc3OC)c2)C1(C)C. The molecule has 144 valence electrons. The maximum atomic E-state index is 12.9. The third-order valence-corrected chi connectivity index (χ3v) is 5.77. The highest BCUT2D eigenvalue weighted by Crippen LogP contribution is 2.50. The molecule has 5 nitrogen and oxygen atoms in total. The summed E-state index contributed by atoms with van der Waals surface area (Å²) < 4.78 is 11.2. The van der Waals surface area contributed by atoms with Crippen LogP contribution in [0.4, 0.5) is 5.69 Å². The molecule has 2 atom stereocenters. The molecular formula is C22H28N2O3. The summed E-state index contributed by atoms with van der Waals surface area (Å²) in [5, 5.41) is 2.99. The van der Waals surface area contributed by atoms with Gasteiger partial charge in [-0.15, -0.1) is 0 Å². The minimum Gasteiger partial charge on any atom is -0.496 e. The van der Waals surface area contributed by atoms with Gasteiger partial charge in [0.1, 0.15) is 11.3 Å². The van der Waals surface area contributed by atoms with Crippen molar-refractivity contribution in [3.8, 4) is 16.9 Å². The predicted molar refractivity (Wildman–Crippen MR) is 108 cm³/mol. The number of amides is 1. The Morgan fingerprint density at radius 3 is 2.63 bits per heavy atom. The number of nitrogens with one attached hydrogen (secondary N) is 1. The van der Waals surface area contributed by atoms with Crippen LogP contribution in [0.5, 0.6) is 5.75 Å². The number of anilines is 1. The number of ether oxygens (including phenoxy) is 2. The van der Waals surface area contributed by atoms with Crippen molar-refractivity contribution in [3.63, 3.8) is 0 Å². The van der Waals surface area contributed by atoms with Gasteiger partial charge in [-0.3, -0.25) is 4.79 Å². The minimum absolute atomic E-state index is 0.00170. The fourth-order valence-corrected chi connectivity index (χ4v) is 3.71. The van der Waals surface area contributed by atoms with Crippen molar-refractivity contribution in [3.05, 3.63) is 48.5 Å². The van der Waals surface area contributed by atoms with Crippen LogP contribution < -0.4 is 15.8 Å². The molecule has 0 bridgehead atoms. The average Bonchev–Trinajstić information content (AvgIpc) is 2.67. The third kappa shape index (κ3) is 3.33. The first-order chi connectivity index (χ1) is 12.8. The molecule has 0 radical (unpaired) electrons. The molecule has 3 rings (SSSR count). The number of rotatable bonds is 6. The lowest BCUT2D eigenvalue weighted by Crippen LogP contribution is -2.74. The third-order valence-electron chi connectivity index (χ3n) is 5.77. The largest absolute Gasteiger partial charge is 0.496 e. The van der Waals surface area contributed by atoms with Crippen molar-refractivity contribution in [2.24, 2.45) is 11.1 Å². The molecule has 1 amide bonds. The molecule has 1 aliphatic carbocycles. The van der Waals surface area contributed by atoms with Gasteiger partial charge in [0.15, 0.2) is 0 Å². The Morgan fingerprint density at radius 1 is 1.22 bits per heavy atom. The molecule has 0 heterocycles. The summed E-state index contributed by atoms with van der Waals surface area (Å²) in [6.45, 7) is 6.55. The van der Waals surface area contributed by atoms with Gasteiger partial charge in [-0.1, -0.05) is 44.2 Å². The minimum atomic E-state index is -0.951. The summed E-state index contributed by atoms with van der Waals surface area (Å²) in [4.78, 5) is 12.9. The van der Waals surface area contributed by atoms with Gasteiger partial charge in [-0.2, -0.15) is 0 Å². The van der Waals surface area contributed by atoms with Crippen molar-refractivity contribution < 1.29 is 14.3 Å². The van der Waals surface area contributed by atoms with E-state index < -0.39 is 11.0 Å². The zero-order valence-electron chi connectivity index (χ0n) is 16.4. The van der Waals surface area contributed by atoms with Crippen LogP contribution in [0.3, 0.4) is 0 Å². The van der Waals surface area contributed by atoms with Gasteiger partial charge in [-0.25, -0.2) is 0 Å². The standard InChI is InChI=1S/C22H28N2O3/c1-5-27-19-14-22(23,21(19,2)3)20(25)24-16-10-8-9-15(13-16)17-11-6-7-12-18(17)26-4/h6-13,19H,5,14,23H2,1-4H3,(H,24,25). The van der Waals surface area contributed by atoms with Crippen molar-refractivity contribution in [1.82, 2.24) is 0 Å². The summed E-state index contributed by atoms with van der Waals surface area (Å²) in [5.74, 6) is 0.608. The number of carbonyl (C=O) groups excluding carboxylic acids is 1. The molecule has 1 fully saturated rings. The van der Waals surface area contributed by atoms with Gasteiger partial charge in [0.05, 0.1) is 13.2 Å². The quantitative estimate of drug-likeness (QED) is 0.813. The summed E-state index contributed by atoms with van der Waals surface area (Å²) in [5.41, 5.74) is 7.75. The lowest BCUT2D eigenvalue weighted by atomic mass is 9.54. The molecular weight excluding hydrogens is 340 g/mol. The molecule has 0 spiro atoms. The lowest BCUT2D eigenvalue weighted by molar-refractivity contribution is -0.166. The number of para-hydroxylation sites is 1. The second-order valence-corrected chi connectivity index (χ2v) is 7.58. The van der Waals surface area contributed by atoms with Crippen molar-refractivity contribution in [2.45, 2.75) is 38.8 Å². The Kier molecular flexibility index (Phi) is 5.27. The van der Waals surface area contributed by atoms with Crippen LogP contribution in [0.25, 0.3) is 11.1 Å². The maximum absolute atomic E-state index is 12.9. The maximum Gasteiger partial charge on any atom is 0.245 e. The van der Waals surface area contributed by atoms with E-state index in [9.17, 15) is 4.79 Å². The van der Waals surface area contributed by atoms with Gasteiger partial charge >= 0.3 is 0 Å². The Labute approximate surface area is 160 Å². The molecule has 2 aromatic rings. The summed E-state index contributed by atoms with van der Waals surface area (Å²) in [7, 11) is 1.65. The van der Waals surface area contributed by atoms with E-state index in [2.05, 4.69) is 5.32 Å². The van der Waals surface area contributed by atoms with E-state index in [1.807, 2.05) is 69.3 Å². The van der Waals surface area contributed by atoms with Crippen LogP contribution >= 0.6 is 0 Å². The topological polar surface area (TPSA) is 73.6 Å². The monoisotopic (exact) mass is 368 g/mol. The molecule has 2 unspecified atom stereocenters. The van der Waals surface area contributed by atoms with Crippen LogP contribution in [0, 0.1) is 5.41 Å². The Morgan fingerprint density at radius 2 is 1.96 bits per heavy atom. The van der Waals surface area contributed by atoms with Gasteiger partial charge in [0, 0.05) is 29.7 Å². The zero-order valence-corrected chi connectivity index (χ0v) is 16.4. The highest BCUT2D eigenvalue weighted by Gasteiger charge is 2.62. The molecule has 5 heteroatoms. The zero-order chi connectivity index (χ0) is 19.7. The first-order valence-electron chi connectivity index (χ1n) is 9.29. The lowest BCUT2D eigenvalue weighted by Gasteiger charge is -2.57. The molecule has 1 aliphatic rings. The van der Waals surface area contributed by atoms with Crippen molar-refractivity contribution in [1.29, 1.82) is 0 Å². The van der Waals surface area contributed by atoms with E-state index in [0.717, 1.165) is 16.9 Å². The van der Waals surface area contributed by atoms with Crippen LogP contribution in [-0.2, 0) is 9.53 Å².